The maximum absolute atomic E-state index is 10.8. The van der Waals surface area contributed by atoms with Gasteiger partial charge in [-0.1, -0.05) is 11.6 Å². The highest BCUT2D eigenvalue weighted by Gasteiger charge is 2.23. The number of rotatable bonds is 3. The minimum atomic E-state index is -0.432. The summed E-state index contributed by atoms with van der Waals surface area (Å²) in [4.78, 5) is 12.5. The number of benzene rings is 1. The maximum atomic E-state index is 10.8. The second kappa shape index (κ2) is 5.73. The number of halogens is 1. The number of piperidine rings is 1. The summed E-state index contributed by atoms with van der Waals surface area (Å²) < 4.78 is 1.96. The molecule has 0 radical (unpaired) electrons. The monoisotopic (exact) mass is 306 g/mol. The largest absolute Gasteiger partial charge is 0.368 e. The Hall–Kier alpha value is -2.08. The Morgan fingerprint density at radius 2 is 2.29 bits per heavy atom. The summed E-state index contributed by atoms with van der Waals surface area (Å²) in [7, 11) is 0. The molecular weight excluding hydrogens is 292 g/mol. The van der Waals surface area contributed by atoms with Crippen LogP contribution in [0.15, 0.2) is 36.7 Å². The number of nitrogens with zero attached hydrogens (tertiary/aromatic N) is 4. The highest BCUT2D eigenvalue weighted by molar-refractivity contribution is 6.33. The molecule has 110 valence electrons. The first kappa shape index (κ1) is 13.9. The van der Waals surface area contributed by atoms with E-state index in [9.17, 15) is 10.1 Å². The average molecular weight is 307 g/mol. The summed E-state index contributed by atoms with van der Waals surface area (Å²) >= 11 is 6.21. The fourth-order valence-electron chi connectivity index (χ4n) is 2.75. The normalized spacial score (nSPS) is 18.7. The molecule has 0 amide bonds. The first-order valence-electron chi connectivity index (χ1n) is 6.83. The van der Waals surface area contributed by atoms with E-state index in [0.29, 0.717) is 11.1 Å². The van der Waals surface area contributed by atoms with Gasteiger partial charge >= 0.3 is 0 Å². The Labute approximate surface area is 127 Å². The highest BCUT2D eigenvalue weighted by atomic mass is 35.5. The van der Waals surface area contributed by atoms with Crippen LogP contribution in [0.25, 0.3) is 0 Å². The van der Waals surface area contributed by atoms with Gasteiger partial charge in [0.1, 0.15) is 0 Å². The SMILES string of the molecule is O=[N+]([O-])c1ccc(N2CCCC(n3cccn3)C2)c(Cl)c1. The molecule has 1 atom stereocenters. The minimum absolute atomic E-state index is 0.0179. The second-order valence-electron chi connectivity index (χ2n) is 5.12. The van der Waals surface area contributed by atoms with Crippen LogP contribution in [0.3, 0.4) is 0 Å². The Morgan fingerprint density at radius 3 is 2.95 bits per heavy atom. The van der Waals surface area contributed by atoms with Crippen LogP contribution in [0.1, 0.15) is 18.9 Å². The van der Waals surface area contributed by atoms with Crippen molar-refractivity contribution in [2.45, 2.75) is 18.9 Å². The number of nitro groups is 1. The molecule has 1 fully saturated rings. The van der Waals surface area contributed by atoms with E-state index in [2.05, 4.69) is 10.00 Å². The average Bonchev–Trinajstić information content (AvgIpc) is 3.01. The quantitative estimate of drug-likeness (QED) is 0.645. The van der Waals surface area contributed by atoms with Crippen LogP contribution in [0.2, 0.25) is 5.02 Å². The van der Waals surface area contributed by atoms with Crippen LogP contribution in [-0.4, -0.2) is 27.8 Å². The van der Waals surface area contributed by atoms with Gasteiger partial charge < -0.3 is 4.90 Å². The highest BCUT2D eigenvalue weighted by Crippen LogP contribution is 2.33. The summed E-state index contributed by atoms with van der Waals surface area (Å²) in [5, 5.41) is 15.5. The van der Waals surface area contributed by atoms with Crippen molar-refractivity contribution in [3.8, 4) is 0 Å². The van der Waals surface area contributed by atoms with Gasteiger partial charge in [0.15, 0.2) is 0 Å². The summed E-state index contributed by atoms with van der Waals surface area (Å²) in [6, 6.07) is 6.86. The number of hydrogen-bond donors (Lipinski definition) is 0. The molecule has 21 heavy (non-hydrogen) atoms. The molecule has 7 heteroatoms. The van der Waals surface area contributed by atoms with Gasteiger partial charge in [0.2, 0.25) is 0 Å². The Morgan fingerprint density at radius 1 is 1.43 bits per heavy atom. The van der Waals surface area contributed by atoms with E-state index < -0.39 is 4.92 Å². The Balaban J connectivity index is 1.82. The molecular formula is C14H15ClN4O2. The second-order valence-corrected chi connectivity index (χ2v) is 5.53. The predicted octanol–water partition coefficient (Wildman–Crippen LogP) is 3.29. The molecule has 1 unspecified atom stereocenters. The first-order valence-corrected chi connectivity index (χ1v) is 7.21. The van der Waals surface area contributed by atoms with Crippen molar-refractivity contribution in [1.29, 1.82) is 0 Å². The molecule has 1 aromatic carbocycles. The topological polar surface area (TPSA) is 64.2 Å². The third kappa shape index (κ3) is 2.85. The molecule has 2 aromatic rings. The smallest absolute Gasteiger partial charge is 0.271 e. The van der Waals surface area contributed by atoms with Gasteiger partial charge in [-0.05, 0) is 25.0 Å². The van der Waals surface area contributed by atoms with Crippen molar-refractivity contribution < 1.29 is 4.92 Å². The van der Waals surface area contributed by atoms with Crippen molar-refractivity contribution in [1.82, 2.24) is 9.78 Å². The number of non-ortho nitro benzene ring substituents is 1. The van der Waals surface area contributed by atoms with Gasteiger partial charge in [0.05, 0.1) is 21.7 Å². The predicted molar refractivity (Wildman–Crippen MR) is 80.8 cm³/mol. The van der Waals surface area contributed by atoms with Gasteiger partial charge in [0.25, 0.3) is 5.69 Å². The molecule has 6 nitrogen and oxygen atoms in total. The molecule has 1 saturated heterocycles. The van der Waals surface area contributed by atoms with E-state index in [1.807, 2.05) is 16.9 Å². The molecule has 0 N–H and O–H groups in total. The van der Waals surface area contributed by atoms with Crippen LogP contribution < -0.4 is 4.90 Å². The summed E-state index contributed by atoms with van der Waals surface area (Å²) in [5.41, 5.74) is 0.864. The molecule has 0 saturated carbocycles. The zero-order chi connectivity index (χ0) is 14.8. The fourth-order valence-corrected chi connectivity index (χ4v) is 3.05. The van der Waals surface area contributed by atoms with Gasteiger partial charge in [-0.2, -0.15) is 5.10 Å². The van der Waals surface area contributed by atoms with Gasteiger partial charge in [-0.25, -0.2) is 0 Å². The lowest BCUT2D eigenvalue weighted by Gasteiger charge is -2.34. The van der Waals surface area contributed by atoms with E-state index >= 15 is 0 Å². The summed E-state index contributed by atoms with van der Waals surface area (Å²) in [6.07, 6.45) is 5.85. The van der Waals surface area contributed by atoms with Crippen molar-refractivity contribution in [3.05, 3.63) is 51.8 Å². The molecule has 1 aliphatic heterocycles. The van der Waals surface area contributed by atoms with Gasteiger partial charge in [-0.3, -0.25) is 14.8 Å². The molecule has 2 heterocycles. The zero-order valence-corrected chi connectivity index (χ0v) is 12.1. The van der Waals surface area contributed by atoms with Crippen molar-refractivity contribution in [3.63, 3.8) is 0 Å². The third-order valence-electron chi connectivity index (χ3n) is 3.78. The lowest BCUT2D eigenvalue weighted by Crippen LogP contribution is -2.36. The first-order chi connectivity index (χ1) is 10.1. The minimum Gasteiger partial charge on any atom is -0.368 e. The van der Waals surface area contributed by atoms with Crippen LogP contribution in [0.4, 0.5) is 11.4 Å². The Bertz CT molecular complexity index is 644. The lowest BCUT2D eigenvalue weighted by atomic mass is 10.0. The molecule has 1 aliphatic rings. The molecule has 1 aromatic heterocycles. The number of anilines is 1. The van der Waals surface area contributed by atoms with Crippen molar-refractivity contribution in [2.75, 3.05) is 18.0 Å². The Kier molecular flexibility index (Phi) is 3.79. The zero-order valence-electron chi connectivity index (χ0n) is 11.4. The van der Waals surface area contributed by atoms with E-state index in [4.69, 9.17) is 11.6 Å². The molecule has 0 bridgehead atoms. The van der Waals surface area contributed by atoms with Gasteiger partial charge in [-0.15, -0.1) is 0 Å². The van der Waals surface area contributed by atoms with E-state index in [0.717, 1.165) is 31.6 Å². The summed E-state index contributed by atoms with van der Waals surface area (Å²) in [5.74, 6) is 0. The van der Waals surface area contributed by atoms with Crippen LogP contribution in [-0.2, 0) is 0 Å². The van der Waals surface area contributed by atoms with Crippen molar-refractivity contribution in [2.24, 2.45) is 0 Å². The summed E-state index contributed by atoms with van der Waals surface area (Å²) in [6.45, 7) is 1.70. The fraction of sp³-hybridized carbons (Fsp3) is 0.357. The van der Waals surface area contributed by atoms with E-state index in [1.54, 1.807) is 12.3 Å². The van der Waals surface area contributed by atoms with Crippen LogP contribution in [0, 0.1) is 10.1 Å². The van der Waals surface area contributed by atoms with E-state index in [1.165, 1.54) is 12.1 Å². The lowest BCUT2D eigenvalue weighted by molar-refractivity contribution is -0.384. The van der Waals surface area contributed by atoms with Gasteiger partial charge in [0, 0.05) is 37.6 Å². The van der Waals surface area contributed by atoms with Crippen LogP contribution >= 0.6 is 11.6 Å². The molecule has 0 spiro atoms. The number of hydrogen-bond acceptors (Lipinski definition) is 4. The van der Waals surface area contributed by atoms with E-state index in [-0.39, 0.29) is 5.69 Å². The number of nitro benzene ring substituents is 1. The molecule has 0 aliphatic carbocycles. The maximum Gasteiger partial charge on any atom is 0.271 e. The standard InChI is InChI=1S/C14H15ClN4O2/c15-13-9-11(19(20)21)4-5-14(13)17-7-1-3-12(10-17)18-8-2-6-16-18/h2,4-6,8-9,12H,1,3,7,10H2. The van der Waals surface area contributed by atoms with Crippen molar-refractivity contribution >= 4 is 23.0 Å². The molecule has 3 rings (SSSR count). The number of aromatic nitrogens is 2. The third-order valence-corrected chi connectivity index (χ3v) is 4.08. The van der Waals surface area contributed by atoms with Crippen LogP contribution in [0.5, 0.6) is 0 Å².